The highest BCUT2D eigenvalue weighted by molar-refractivity contribution is 5.94. The number of anilines is 2. The summed E-state index contributed by atoms with van der Waals surface area (Å²) in [6.07, 6.45) is 0. The van der Waals surface area contributed by atoms with Gasteiger partial charge in [-0.2, -0.15) is 0 Å². The van der Waals surface area contributed by atoms with Crippen LogP contribution in [0, 0.1) is 24.0 Å². The summed E-state index contributed by atoms with van der Waals surface area (Å²) in [5.74, 6) is -0.959. The van der Waals surface area contributed by atoms with Crippen molar-refractivity contribution in [3.63, 3.8) is 0 Å². The van der Waals surface area contributed by atoms with Crippen molar-refractivity contribution >= 4 is 23.2 Å². The summed E-state index contributed by atoms with van der Waals surface area (Å²) < 4.78 is 0. The Kier molecular flexibility index (Phi) is 3.84. The number of aromatic nitrogens is 1. The van der Waals surface area contributed by atoms with E-state index in [-0.39, 0.29) is 17.1 Å². The zero-order chi connectivity index (χ0) is 15.6. The Hall–Kier alpha value is -2.96. The minimum absolute atomic E-state index is 0.00602. The van der Waals surface area contributed by atoms with Gasteiger partial charge in [-0.15, -0.1) is 0 Å². The van der Waals surface area contributed by atoms with Gasteiger partial charge in [0.15, 0.2) is 0 Å². The molecule has 7 nitrogen and oxygen atoms in total. The molecule has 1 aromatic heterocycles. The highest BCUT2D eigenvalue weighted by atomic mass is 16.6. The number of aromatic carboxylic acids is 1. The molecular weight excluding hydrogens is 274 g/mol. The number of nitrogens with one attached hydrogen (secondary N) is 1. The molecule has 0 saturated heterocycles. The fourth-order valence-corrected chi connectivity index (χ4v) is 1.91. The van der Waals surface area contributed by atoms with Crippen molar-refractivity contribution in [2.24, 2.45) is 0 Å². The van der Waals surface area contributed by atoms with Crippen LogP contribution in [0.3, 0.4) is 0 Å². The molecule has 1 aromatic carbocycles. The van der Waals surface area contributed by atoms with Crippen LogP contribution in [0.5, 0.6) is 0 Å². The van der Waals surface area contributed by atoms with E-state index >= 15 is 0 Å². The van der Waals surface area contributed by atoms with Crippen molar-refractivity contribution in [1.29, 1.82) is 0 Å². The molecule has 21 heavy (non-hydrogen) atoms. The smallest absolute Gasteiger partial charge is 0.339 e. The molecule has 0 unspecified atom stereocenters. The summed E-state index contributed by atoms with van der Waals surface area (Å²) in [7, 11) is 0. The van der Waals surface area contributed by atoms with Gasteiger partial charge in [0.1, 0.15) is 11.4 Å². The van der Waals surface area contributed by atoms with Gasteiger partial charge in [-0.1, -0.05) is 6.07 Å². The van der Waals surface area contributed by atoms with Crippen molar-refractivity contribution in [2.75, 3.05) is 5.32 Å². The number of aryl methyl sites for hydroxylation is 1. The lowest BCUT2D eigenvalue weighted by Crippen LogP contribution is -2.07. The normalized spacial score (nSPS) is 10.2. The van der Waals surface area contributed by atoms with Gasteiger partial charge in [0.05, 0.1) is 10.5 Å². The quantitative estimate of drug-likeness (QED) is 0.661. The van der Waals surface area contributed by atoms with Crippen molar-refractivity contribution in [2.45, 2.75) is 13.8 Å². The summed E-state index contributed by atoms with van der Waals surface area (Å²) in [6.45, 7) is 3.33. The average molecular weight is 287 g/mol. The van der Waals surface area contributed by atoms with Crippen molar-refractivity contribution in [1.82, 2.24) is 4.98 Å². The Morgan fingerprint density at radius 2 is 2.00 bits per heavy atom. The van der Waals surface area contributed by atoms with E-state index in [1.165, 1.54) is 18.2 Å². The third-order valence-corrected chi connectivity index (χ3v) is 3.02. The summed E-state index contributed by atoms with van der Waals surface area (Å²) in [6, 6.07) is 7.60. The minimum atomic E-state index is -1.12. The lowest BCUT2D eigenvalue weighted by molar-refractivity contribution is -0.385. The molecule has 1 heterocycles. The fraction of sp³-hybridized carbons (Fsp3) is 0.143. The van der Waals surface area contributed by atoms with Crippen LogP contribution in [0.4, 0.5) is 17.2 Å². The highest BCUT2D eigenvalue weighted by Crippen LogP contribution is 2.28. The Labute approximate surface area is 120 Å². The third-order valence-electron chi connectivity index (χ3n) is 3.02. The zero-order valence-electron chi connectivity index (χ0n) is 11.5. The maximum atomic E-state index is 11.2. The molecule has 108 valence electrons. The van der Waals surface area contributed by atoms with Crippen LogP contribution in [-0.4, -0.2) is 21.0 Å². The number of carboxylic acids is 1. The summed E-state index contributed by atoms with van der Waals surface area (Å²) in [5.41, 5.74) is 1.48. The number of pyridine rings is 1. The molecule has 0 aliphatic heterocycles. The Morgan fingerprint density at radius 1 is 1.29 bits per heavy atom. The molecule has 0 radical (unpaired) electrons. The topological polar surface area (TPSA) is 105 Å². The number of benzene rings is 1. The molecule has 0 saturated carbocycles. The molecule has 7 heteroatoms. The molecule has 2 rings (SSSR count). The first kappa shape index (κ1) is 14.4. The van der Waals surface area contributed by atoms with Crippen molar-refractivity contribution < 1.29 is 14.8 Å². The van der Waals surface area contributed by atoms with Crippen LogP contribution < -0.4 is 5.32 Å². The first-order chi connectivity index (χ1) is 9.90. The van der Waals surface area contributed by atoms with Gasteiger partial charge in [-0.25, -0.2) is 9.78 Å². The number of nitro benzene ring substituents is 1. The predicted molar refractivity (Wildman–Crippen MR) is 77.0 cm³/mol. The van der Waals surface area contributed by atoms with Gasteiger partial charge in [-0.05, 0) is 32.0 Å². The number of nitrogens with zero attached hydrogens (tertiary/aromatic N) is 2. The largest absolute Gasteiger partial charge is 0.478 e. The lowest BCUT2D eigenvalue weighted by atomic mass is 10.1. The monoisotopic (exact) mass is 287 g/mol. The van der Waals surface area contributed by atoms with E-state index in [4.69, 9.17) is 5.11 Å². The summed E-state index contributed by atoms with van der Waals surface area (Å²) in [4.78, 5) is 25.8. The maximum absolute atomic E-state index is 11.2. The molecule has 0 atom stereocenters. The van der Waals surface area contributed by atoms with Gasteiger partial charge in [-0.3, -0.25) is 10.1 Å². The first-order valence-corrected chi connectivity index (χ1v) is 6.12. The Balaban J connectivity index is 2.48. The van der Waals surface area contributed by atoms with Crippen molar-refractivity contribution in [3.8, 4) is 0 Å². The molecule has 0 spiro atoms. The molecule has 0 aliphatic rings. The highest BCUT2D eigenvalue weighted by Gasteiger charge is 2.16. The minimum Gasteiger partial charge on any atom is -0.478 e. The molecule has 2 aromatic rings. The average Bonchev–Trinajstić information content (AvgIpc) is 2.40. The first-order valence-electron chi connectivity index (χ1n) is 6.12. The SMILES string of the molecule is Cc1ccc(C(=O)O)c(Nc2cccc([N+](=O)[O-])c2C)n1. The Bertz CT molecular complexity index is 728. The van der Waals surface area contributed by atoms with Gasteiger partial charge in [0, 0.05) is 17.4 Å². The van der Waals surface area contributed by atoms with Gasteiger partial charge >= 0.3 is 5.97 Å². The van der Waals surface area contributed by atoms with Crippen LogP contribution in [-0.2, 0) is 0 Å². The fourth-order valence-electron chi connectivity index (χ4n) is 1.91. The Morgan fingerprint density at radius 3 is 2.62 bits per heavy atom. The van der Waals surface area contributed by atoms with Crippen LogP contribution in [0.15, 0.2) is 30.3 Å². The third kappa shape index (κ3) is 2.97. The number of nitro groups is 1. The van der Waals surface area contributed by atoms with E-state index in [1.54, 1.807) is 26.0 Å². The number of rotatable bonds is 4. The maximum Gasteiger partial charge on any atom is 0.339 e. The second-order valence-electron chi connectivity index (χ2n) is 4.49. The summed E-state index contributed by atoms with van der Waals surface area (Å²) >= 11 is 0. The molecule has 0 amide bonds. The molecule has 0 bridgehead atoms. The molecule has 0 aliphatic carbocycles. The molecule has 0 fully saturated rings. The van der Waals surface area contributed by atoms with E-state index in [1.807, 2.05) is 0 Å². The number of hydrogen-bond acceptors (Lipinski definition) is 5. The second-order valence-corrected chi connectivity index (χ2v) is 4.49. The van der Waals surface area contributed by atoms with Gasteiger partial charge < -0.3 is 10.4 Å². The number of hydrogen-bond donors (Lipinski definition) is 2. The lowest BCUT2D eigenvalue weighted by Gasteiger charge is -2.11. The van der Waals surface area contributed by atoms with Crippen LogP contribution in [0.25, 0.3) is 0 Å². The molecule has 2 N–H and O–H groups in total. The van der Waals surface area contributed by atoms with E-state index in [0.717, 1.165) is 0 Å². The second kappa shape index (κ2) is 5.58. The predicted octanol–water partition coefficient (Wildman–Crippen LogP) is 3.05. The van der Waals surface area contributed by atoms with Gasteiger partial charge in [0.25, 0.3) is 5.69 Å². The standard InChI is InChI=1S/C14H13N3O4/c1-8-6-7-10(14(18)19)13(15-8)16-11-4-3-5-12(9(11)2)17(20)21/h3-7H,1-2H3,(H,15,16)(H,18,19). The van der Waals surface area contributed by atoms with E-state index in [2.05, 4.69) is 10.3 Å². The van der Waals surface area contributed by atoms with Crippen LogP contribution >= 0.6 is 0 Å². The number of carboxylic acid groups (broad SMARTS) is 1. The number of carbonyl (C=O) groups is 1. The van der Waals surface area contributed by atoms with E-state index < -0.39 is 10.9 Å². The van der Waals surface area contributed by atoms with Crippen molar-refractivity contribution in [3.05, 3.63) is 57.3 Å². The van der Waals surface area contributed by atoms with E-state index in [0.29, 0.717) is 16.9 Å². The van der Waals surface area contributed by atoms with Crippen LogP contribution in [0.1, 0.15) is 21.6 Å². The summed E-state index contributed by atoms with van der Waals surface area (Å²) in [5, 5.41) is 22.9. The van der Waals surface area contributed by atoms with E-state index in [9.17, 15) is 14.9 Å². The molecular formula is C14H13N3O4. The van der Waals surface area contributed by atoms with Gasteiger partial charge in [0.2, 0.25) is 0 Å². The zero-order valence-corrected chi connectivity index (χ0v) is 11.5. The van der Waals surface area contributed by atoms with Crippen LogP contribution in [0.2, 0.25) is 0 Å².